The van der Waals surface area contributed by atoms with Crippen molar-refractivity contribution in [2.45, 2.75) is 50.7 Å². The highest BCUT2D eigenvalue weighted by Crippen LogP contribution is 2.55. The van der Waals surface area contributed by atoms with E-state index in [1.165, 1.54) is 0 Å². The number of hydrogen-bond donors (Lipinski definition) is 0. The van der Waals surface area contributed by atoms with Gasteiger partial charge in [-0.05, 0) is 25.4 Å². The molecule has 2 unspecified atom stereocenters. The van der Waals surface area contributed by atoms with Gasteiger partial charge in [0, 0.05) is 11.7 Å². The van der Waals surface area contributed by atoms with E-state index in [1.807, 2.05) is 0 Å². The van der Waals surface area contributed by atoms with Crippen LogP contribution in [0.4, 0.5) is 0 Å². The standard InChI is InChI=1S/C12H24NP/c1-9(2)14(10(3)4)12-8-7-11(12)13(5)6/h7-12H,1-6H3. The zero-order valence-electron chi connectivity index (χ0n) is 10.4. The van der Waals surface area contributed by atoms with E-state index in [2.05, 4.69) is 58.8 Å². The zero-order valence-corrected chi connectivity index (χ0v) is 11.3. The smallest absolute Gasteiger partial charge is 0.0374 e. The summed E-state index contributed by atoms with van der Waals surface area (Å²) < 4.78 is 0. The number of nitrogens with zero attached hydrogens (tertiary/aromatic N) is 1. The van der Waals surface area contributed by atoms with Crippen molar-refractivity contribution in [3.63, 3.8) is 0 Å². The molecule has 0 saturated carbocycles. The fourth-order valence-electron chi connectivity index (χ4n) is 2.35. The van der Waals surface area contributed by atoms with Crippen LogP contribution in [0.25, 0.3) is 0 Å². The minimum Gasteiger partial charge on any atom is -0.302 e. The van der Waals surface area contributed by atoms with Crippen LogP contribution in [-0.2, 0) is 0 Å². The van der Waals surface area contributed by atoms with E-state index in [0.29, 0.717) is 6.04 Å². The van der Waals surface area contributed by atoms with Crippen molar-refractivity contribution >= 4 is 7.92 Å². The van der Waals surface area contributed by atoms with Gasteiger partial charge in [-0.15, -0.1) is 0 Å². The van der Waals surface area contributed by atoms with Crippen molar-refractivity contribution in [2.24, 2.45) is 0 Å². The van der Waals surface area contributed by atoms with Gasteiger partial charge in [-0.1, -0.05) is 47.8 Å². The molecule has 0 radical (unpaired) electrons. The van der Waals surface area contributed by atoms with Crippen molar-refractivity contribution in [1.82, 2.24) is 4.90 Å². The summed E-state index contributed by atoms with van der Waals surface area (Å²) in [5.74, 6) is 0. The molecule has 0 N–H and O–H groups in total. The van der Waals surface area contributed by atoms with Gasteiger partial charge in [-0.2, -0.15) is 0 Å². The number of likely N-dealkylation sites (N-methyl/N-ethyl adjacent to an activating group) is 1. The molecule has 2 atom stereocenters. The average molecular weight is 213 g/mol. The predicted octanol–water partition coefficient (Wildman–Crippen LogP) is 3.15. The largest absolute Gasteiger partial charge is 0.302 e. The lowest BCUT2D eigenvalue weighted by molar-refractivity contribution is 0.330. The molecule has 1 aliphatic rings. The third-order valence-corrected chi connectivity index (χ3v) is 6.54. The Hall–Kier alpha value is 0.130. The van der Waals surface area contributed by atoms with E-state index in [4.69, 9.17) is 0 Å². The highest BCUT2D eigenvalue weighted by molar-refractivity contribution is 7.60. The molecule has 82 valence electrons. The highest BCUT2D eigenvalue weighted by atomic mass is 31.1. The van der Waals surface area contributed by atoms with Crippen LogP contribution in [0.1, 0.15) is 27.7 Å². The predicted molar refractivity (Wildman–Crippen MR) is 67.6 cm³/mol. The monoisotopic (exact) mass is 213 g/mol. The Morgan fingerprint density at radius 2 is 1.50 bits per heavy atom. The fourth-order valence-corrected chi connectivity index (χ4v) is 5.93. The maximum absolute atomic E-state index is 2.43. The van der Waals surface area contributed by atoms with Gasteiger partial charge >= 0.3 is 0 Å². The molecule has 0 aromatic heterocycles. The summed E-state index contributed by atoms with van der Waals surface area (Å²) in [6, 6.07) is 0.700. The molecule has 0 bridgehead atoms. The van der Waals surface area contributed by atoms with Crippen LogP contribution in [0.3, 0.4) is 0 Å². The third-order valence-electron chi connectivity index (χ3n) is 2.99. The fraction of sp³-hybridized carbons (Fsp3) is 0.833. The summed E-state index contributed by atoms with van der Waals surface area (Å²) in [6.07, 6.45) is 4.78. The van der Waals surface area contributed by atoms with Gasteiger partial charge in [0.25, 0.3) is 0 Å². The Labute approximate surface area is 90.3 Å². The van der Waals surface area contributed by atoms with Crippen molar-refractivity contribution in [3.8, 4) is 0 Å². The second kappa shape index (κ2) is 4.77. The van der Waals surface area contributed by atoms with Crippen molar-refractivity contribution < 1.29 is 0 Å². The molecule has 0 heterocycles. The first-order valence-corrected chi connectivity index (χ1v) is 7.12. The molecule has 1 aliphatic carbocycles. The van der Waals surface area contributed by atoms with Crippen LogP contribution in [0.2, 0.25) is 0 Å². The van der Waals surface area contributed by atoms with Gasteiger partial charge in [0.1, 0.15) is 0 Å². The maximum atomic E-state index is 2.43. The van der Waals surface area contributed by atoms with Gasteiger partial charge < -0.3 is 4.90 Å². The molecule has 0 aliphatic heterocycles. The summed E-state index contributed by atoms with van der Waals surface area (Å²) in [6.45, 7) is 9.52. The van der Waals surface area contributed by atoms with Crippen molar-refractivity contribution in [2.75, 3.05) is 14.1 Å². The Bertz CT molecular complexity index is 200. The first-order chi connectivity index (χ1) is 6.45. The van der Waals surface area contributed by atoms with Gasteiger partial charge in [0.15, 0.2) is 0 Å². The summed E-state index contributed by atoms with van der Waals surface area (Å²) in [4.78, 5) is 2.35. The van der Waals surface area contributed by atoms with Crippen LogP contribution in [0, 0.1) is 0 Å². The van der Waals surface area contributed by atoms with E-state index in [1.54, 1.807) is 0 Å². The van der Waals surface area contributed by atoms with Crippen LogP contribution < -0.4 is 0 Å². The lowest BCUT2D eigenvalue weighted by atomic mass is 10.0. The maximum Gasteiger partial charge on any atom is 0.0374 e. The molecule has 0 amide bonds. The lowest BCUT2D eigenvalue weighted by Gasteiger charge is -2.43. The van der Waals surface area contributed by atoms with E-state index >= 15 is 0 Å². The van der Waals surface area contributed by atoms with Crippen LogP contribution >= 0.6 is 7.92 Å². The van der Waals surface area contributed by atoms with Crippen LogP contribution in [0.5, 0.6) is 0 Å². The minimum absolute atomic E-state index is 0.147. The second-order valence-corrected chi connectivity index (χ2v) is 8.52. The lowest BCUT2D eigenvalue weighted by Crippen LogP contribution is -2.42. The molecular weight excluding hydrogens is 189 g/mol. The molecule has 0 fully saturated rings. The Balaban J connectivity index is 2.67. The topological polar surface area (TPSA) is 3.24 Å². The Morgan fingerprint density at radius 3 is 1.71 bits per heavy atom. The van der Waals surface area contributed by atoms with Gasteiger partial charge in [0.05, 0.1) is 0 Å². The number of rotatable bonds is 4. The molecule has 2 heteroatoms. The van der Waals surface area contributed by atoms with E-state index in [-0.39, 0.29) is 7.92 Å². The molecule has 0 aromatic carbocycles. The average Bonchev–Trinajstić information content (AvgIpc) is 1.94. The van der Waals surface area contributed by atoms with E-state index < -0.39 is 0 Å². The third kappa shape index (κ3) is 2.38. The normalized spacial score (nSPS) is 26.7. The first-order valence-electron chi connectivity index (χ1n) is 5.57. The van der Waals surface area contributed by atoms with Crippen molar-refractivity contribution in [1.29, 1.82) is 0 Å². The zero-order chi connectivity index (χ0) is 10.9. The molecule has 0 spiro atoms. The summed E-state index contributed by atoms with van der Waals surface area (Å²) >= 11 is 0. The first kappa shape index (κ1) is 12.2. The number of hydrogen-bond acceptors (Lipinski definition) is 1. The summed E-state index contributed by atoms with van der Waals surface area (Å²) in [5.41, 5.74) is 2.53. The quantitative estimate of drug-likeness (QED) is 0.512. The van der Waals surface area contributed by atoms with Crippen LogP contribution in [-0.4, -0.2) is 42.0 Å². The second-order valence-electron chi connectivity index (χ2n) is 4.96. The van der Waals surface area contributed by atoms with Crippen LogP contribution in [0.15, 0.2) is 12.2 Å². The Morgan fingerprint density at radius 1 is 1.00 bits per heavy atom. The molecule has 1 rings (SSSR count). The van der Waals surface area contributed by atoms with Gasteiger partial charge in [-0.25, -0.2) is 0 Å². The molecule has 0 aromatic rings. The SMILES string of the molecule is CC(C)P(C(C)C)C1C=CC1N(C)C. The minimum atomic E-state index is 0.147. The van der Waals surface area contributed by atoms with E-state index in [0.717, 1.165) is 17.0 Å². The van der Waals surface area contributed by atoms with E-state index in [9.17, 15) is 0 Å². The highest BCUT2D eigenvalue weighted by Gasteiger charge is 2.35. The van der Waals surface area contributed by atoms with Gasteiger partial charge in [0.2, 0.25) is 0 Å². The Kier molecular flexibility index (Phi) is 4.15. The molecule has 1 nitrogen and oxygen atoms in total. The summed E-state index contributed by atoms with van der Waals surface area (Å²) in [7, 11) is 4.53. The summed E-state index contributed by atoms with van der Waals surface area (Å²) in [5, 5.41) is 0. The van der Waals surface area contributed by atoms with Crippen molar-refractivity contribution in [3.05, 3.63) is 12.2 Å². The molecule has 14 heavy (non-hydrogen) atoms. The van der Waals surface area contributed by atoms with Gasteiger partial charge in [-0.3, -0.25) is 0 Å². The molecule has 0 saturated heterocycles. The molecular formula is C12H24NP.